The lowest BCUT2D eigenvalue weighted by atomic mass is 10.0. The van der Waals surface area contributed by atoms with Crippen LogP contribution in [0.15, 0.2) is 36.4 Å². The van der Waals surface area contributed by atoms with E-state index in [1.165, 1.54) is 22.4 Å². The minimum atomic E-state index is 0.701. The number of hydrogen-bond acceptors (Lipinski definition) is 4. The predicted molar refractivity (Wildman–Crippen MR) is 108 cm³/mol. The molecule has 1 heterocycles. The first-order chi connectivity index (χ1) is 12.6. The lowest BCUT2D eigenvalue weighted by Crippen LogP contribution is -2.46. The smallest absolute Gasteiger partial charge is 0.142 e. The molecule has 0 aromatic heterocycles. The van der Waals surface area contributed by atoms with Crippen molar-refractivity contribution < 1.29 is 9.47 Å². The molecule has 4 nitrogen and oxygen atoms in total. The zero-order chi connectivity index (χ0) is 18.5. The third kappa shape index (κ3) is 4.13. The Labute approximate surface area is 157 Å². The van der Waals surface area contributed by atoms with E-state index < -0.39 is 0 Å². The van der Waals surface area contributed by atoms with Crippen molar-refractivity contribution in [2.75, 3.05) is 44.8 Å². The number of nitrogens with zero attached hydrogens (tertiary/aromatic N) is 2. The molecule has 0 bridgehead atoms. The Morgan fingerprint density at radius 3 is 2.35 bits per heavy atom. The highest BCUT2D eigenvalue weighted by molar-refractivity contribution is 5.58. The Kier molecular flexibility index (Phi) is 6.04. The van der Waals surface area contributed by atoms with Gasteiger partial charge in [-0.3, -0.25) is 4.90 Å². The van der Waals surface area contributed by atoms with E-state index in [-0.39, 0.29) is 0 Å². The van der Waals surface area contributed by atoms with Gasteiger partial charge in [-0.1, -0.05) is 18.2 Å². The molecule has 3 rings (SSSR count). The molecule has 1 saturated heterocycles. The second kappa shape index (κ2) is 8.45. The number of hydrogen-bond donors (Lipinski definition) is 0. The van der Waals surface area contributed by atoms with Crippen LogP contribution in [0.25, 0.3) is 0 Å². The van der Waals surface area contributed by atoms with Crippen LogP contribution in [0.5, 0.6) is 11.5 Å². The predicted octanol–water partition coefficient (Wildman–Crippen LogP) is 4.03. The van der Waals surface area contributed by atoms with Gasteiger partial charge in [0.05, 0.1) is 19.4 Å². The highest BCUT2D eigenvalue weighted by atomic mass is 16.5. The molecule has 1 fully saturated rings. The first-order valence-corrected chi connectivity index (χ1v) is 9.45. The number of ether oxygens (including phenoxy) is 2. The standard InChI is InChI=1S/C22H30N2O2/c1-5-26-21-9-7-6-8-20(21)24-12-10-23(11-13-24)16-19-14-18(3)22(25-4)15-17(19)2/h6-9,14-15H,5,10-13,16H2,1-4H3. The zero-order valence-electron chi connectivity index (χ0n) is 16.4. The lowest BCUT2D eigenvalue weighted by Gasteiger charge is -2.37. The third-order valence-electron chi connectivity index (χ3n) is 5.13. The third-order valence-corrected chi connectivity index (χ3v) is 5.13. The highest BCUT2D eigenvalue weighted by Crippen LogP contribution is 2.29. The molecular formula is C22H30N2O2. The van der Waals surface area contributed by atoms with Crippen molar-refractivity contribution in [3.8, 4) is 11.5 Å². The van der Waals surface area contributed by atoms with Gasteiger partial charge in [0, 0.05) is 32.7 Å². The van der Waals surface area contributed by atoms with Crippen LogP contribution in [0.4, 0.5) is 5.69 Å². The Hall–Kier alpha value is -2.20. The summed E-state index contributed by atoms with van der Waals surface area (Å²) in [7, 11) is 1.74. The summed E-state index contributed by atoms with van der Waals surface area (Å²) in [6.45, 7) is 12.2. The van der Waals surface area contributed by atoms with E-state index in [1.807, 2.05) is 13.0 Å². The summed E-state index contributed by atoms with van der Waals surface area (Å²) >= 11 is 0. The Balaban J connectivity index is 1.64. The number of methoxy groups -OCH3 is 1. The molecule has 4 heteroatoms. The fourth-order valence-electron chi connectivity index (χ4n) is 3.62. The molecule has 0 aliphatic carbocycles. The van der Waals surface area contributed by atoms with Crippen LogP contribution in [0.3, 0.4) is 0 Å². The summed E-state index contributed by atoms with van der Waals surface area (Å²) in [5.74, 6) is 1.97. The summed E-state index contributed by atoms with van der Waals surface area (Å²) < 4.78 is 11.2. The largest absolute Gasteiger partial charge is 0.496 e. The molecular weight excluding hydrogens is 324 g/mol. The van der Waals surface area contributed by atoms with E-state index in [0.29, 0.717) is 6.61 Å². The van der Waals surface area contributed by atoms with Crippen molar-refractivity contribution in [1.82, 2.24) is 4.90 Å². The van der Waals surface area contributed by atoms with E-state index >= 15 is 0 Å². The summed E-state index contributed by atoms with van der Waals surface area (Å²) in [5.41, 5.74) is 5.12. The van der Waals surface area contributed by atoms with Crippen LogP contribution in [0.1, 0.15) is 23.6 Å². The summed E-state index contributed by atoms with van der Waals surface area (Å²) in [4.78, 5) is 4.97. The van der Waals surface area contributed by atoms with Crippen molar-refractivity contribution >= 4 is 5.69 Å². The molecule has 1 aliphatic heterocycles. The molecule has 0 unspecified atom stereocenters. The second-order valence-corrected chi connectivity index (χ2v) is 6.91. The molecule has 1 aliphatic rings. The van der Waals surface area contributed by atoms with Gasteiger partial charge in [-0.15, -0.1) is 0 Å². The molecule has 2 aromatic carbocycles. The molecule has 0 atom stereocenters. The van der Waals surface area contributed by atoms with Crippen LogP contribution in [0.2, 0.25) is 0 Å². The number of anilines is 1. The molecule has 26 heavy (non-hydrogen) atoms. The molecule has 0 radical (unpaired) electrons. The first-order valence-electron chi connectivity index (χ1n) is 9.45. The zero-order valence-corrected chi connectivity index (χ0v) is 16.4. The number of para-hydroxylation sites is 2. The van der Waals surface area contributed by atoms with Gasteiger partial charge in [0.25, 0.3) is 0 Å². The van der Waals surface area contributed by atoms with Gasteiger partial charge < -0.3 is 14.4 Å². The lowest BCUT2D eigenvalue weighted by molar-refractivity contribution is 0.248. The van der Waals surface area contributed by atoms with Crippen LogP contribution in [-0.4, -0.2) is 44.8 Å². The van der Waals surface area contributed by atoms with Gasteiger partial charge in [0.15, 0.2) is 0 Å². The van der Waals surface area contributed by atoms with Crippen molar-refractivity contribution in [3.05, 3.63) is 53.1 Å². The maximum atomic E-state index is 5.80. The minimum absolute atomic E-state index is 0.701. The molecule has 140 valence electrons. The van der Waals surface area contributed by atoms with Crippen LogP contribution in [-0.2, 0) is 6.54 Å². The quantitative estimate of drug-likeness (QED) is 0.782. The van der Waals surface area contributed by atoms with Crippen LogP contribution in [0, 0.1) is 13.8 Å². The Bertz CT molecular complexity index is 737. The highest BCUT2D eigenvalue weighted by Gasteiger charge is 2.20. The van der Waals surface area contributed by atoms with Gasteiger partial charge in [-0.05, 0) is 55.7 Å². The number of benzene rings is 2. The summed E-state index contributed by atoms with van der Waals surface area (Å²) in [6.07, 6.45) is 0. The van der Waals surface area contributed by atoms with E-state index in [1.54, 1.807) is 7.11 Å². The SMILES string of the molecule is CCOc1ccccc1N1CCN(Cc2cc(C)c(OC)cc2C)CC1. The monoisotopic (exact) mass is 354 g/mol. The fourth-order valence-corrected chi connectivity index (χ4v) is 3.62. The summed E-state index contributed by atoms with van der Waals surface area (Å²) in [6, 6.07) is 12.8. The molecule has 0 N–H and O–H groups in total. The van der Waals surface area contributed by atoms with Crippen molar-refractivity contribution in [1.29, 1.82) is 0 Å². The summed E-state index contributed by atoms with van der Waals surface area (Å²) in [5, 5.41) is 0. The van der Waals surface area contributed by atoms with Gasteiger partial charge >= 0.3 is 0 Å². The average molecular weight is 354 g/mol. The molecule has 0 amide bonds. The van der Waals surface area contributed by atoms with E-state index in [4.69, 9.17) is 9.47 Å². The normalized spacial score (nSPS) is 15.2. The number of piperazine rings is 1. The van der Waals surface area contributed by atoms with Gasteiger partial charge in [-0.2, -0.15) is 0 Å². The molecule has 2 aromatic rings. The van der Waals surface area contributed by atoms with Gasteiger partial charge in [0.1, 0.15) is 11.5 Å². The van der Waals surface area contributed by atoms with Crippen molar-refractivity contribution in [2.45, 2.75) is 27.3 Å². The Morgan fingerprint density at radius 2 is 1.65 bits per heavy atom. The fraction of sp³-hybridized carbons (Fsp3) is 0.455. The van der Waals surface area contributed by atoms with Crippen LogP contribution >= 0.6 is 0 Å². The van der Waals surface area contributed by atoms with Crippen molar-refractivity contribution in [2.24, 2.45) is 0 Å². The second-order valence-electron chi connectivity index (χ2n) is 6.91. The van der Waals surface area contributed by atoms with Crippen molar-refractivity contribution in [3.63, 3.8) is 0 Å². The topological polar surface area (TPSA) is 24.9 Å². The van der Waals surface area contributed by atoms with Gasteiger partial charge in [-0.25, -0.2) is 0 Å². The number of aryl methyl sites for hydroxylation is 2. The van der Waals surface area contributed by atoms with Crippen LogP contribution < -0.4 is 14.4 Å². The first kappa shape index (κ1) is 18.6. The van der Waals surface area contributed by atoms with E-state index in [2.05, 4.69) is 54.0 Å². The average Bonchev–Trinajstić information content (AvgIpc) is 2.66. The van der Waals surface area contributed by atoms with E-state index in [9.17, 15) is 0 Å². The number of rotatable bonds is 6. The maximum absolute atomic E-state index is 5.80. The van der Waals surface area contributed by atoms with E-state index in [0.717, 1.165) is 44.2 Å². The van der Waals surface area contributed by atoms with Gasteiger partial charge in [0.2, 0.25) is 0 Å². The minimum Gasteiger partial charge on any atom is -0.496 e. The maximum Gasteiger partial charge on any atom is 0.142 e. The Morgan fingerprint density at radius 1 is 0.923 bits per heavy atom. The molecule has 0 saturated carbocycles. The molecule has 0 spiro atoms.